The molecule has 1 unspecified atom stereocenters. The number of benzene rings is 1. The van der Waals surface area contributed by atoms with Crippen LogP contribution in [-0.4, -0.2) is 23.1 Å². The van der Waals surface area contributed by atoms with Crippen molar-refractivity contribution < 1.29 is 9.13 Å². The molecule has 6 nitrogen and oxygen atoms in total. The lowest BCUT2D eigenvalue weighted by molar-refractivity contribution is 0.227. The predicted molar refractivity (Wildman–Crippen MR) is 128 cm³/mol. The average molecular weight is 446 g/mol. The Morgan fingerprint density at radius 1 is 1.18 bits per heavy atom. The van der Waals surface area contributed by atoms with Gasteiger partial charge in [0.05, 0.1) is 5.69 Å². The lowest BCUT2D eigenvalue weighted by Gasteiger charge is -2.23. The van der Waals surface area contributed by atoms with Gasteiger partial charge in [-0.1, -0.05) is 6.07 Å². The Labute approximate surface area is 192 Å². The molecule has 1 aliphatic carbocycles. The summed E-state index contributed by atoms with van der Waals surface area (Å²) >= 11 is 0. The highest BCUT2D eigenvalue weighted by Crippen LogP contribution is 2.37. The summed E-state index contributed by atoms with van der Waals surface area (Å²) in [4.78, 5) is 9.07. The van der Waals surface area contributed by atoms with Gasteiger partial charge in [0.15, 0.2) is 11.6 Å². The van der Waals surface area contributed by atoms with Gasteiger partial charge in [-0.05, 0) is 73.6 Å². The van der Waals surface area contributed by atoms with Crippen molar-refractivity contribution in [3.8, 4) is 17.0 Å². The van der Waals surface area contributed by atoms with Crippen LogP contribution >= 0.6 is 0 Å². The van der Waals surface area contributed by atoms with Crippen molar-refractivity contribution in [2.45, 2.75) is 32.3 Å². The molecule has 2 aromatic heterocycles. The van der Waals surface area contributed by atoms with Crippen LogP contribution in [0.3, 0.4) is 0 Å². The number of hydrogen-bond acceptors (Lipinski definition) is 6. The number of nitrogens with zero attached hydrogens (tertiary/aromatic N) is 2. The number of aromatic nitrogens is 2. The monoisotopic (exact) mass is 445 g/mol. The van der Waals surface area contributed by atoms with Gasteiger partial charge in [-0.3, -0.25) is 4.98 Å². The van der Waals surface area contributed by atoms with Gasteiger partial charge in [-0.2, -0.15) is 0 Å². The van der Waals surface area contributed by atoms with E-state index < -0.39 is 6.10 Å². The minimum Gasteiger partial charge on any atom is -0.482 e. The molecule has 0 amide bonds. The van der Waals surface area contributed by atoms with E-state index in [2.05, 4.69) is 15.3 Å². The van der Waals surface area contributed by atoms with Gasteiger partial charge >= 0.3 is 0 Å². The van der Waals surface area contributed by atoms with E-state index in [0.29, 0.717) is 30.2 Å². The molecule has 33 heavy (non-hydrogen) atoms. The predicted octanol–water partition coefficient (Wildman–Crippen LogP) is 4.23. The number of ether oxygens (including phenoxy) is 1. The average Bonchev–Trinajstić information content (AvgIpc) is 3.64. The van der Waals surface area contributed by atoms with Crippen LogP contribution in [0.25, 0.3) is 17.0 Å². The Morgan fingerprint density at radius 3 is 2.82 bits per heavy atom. The number of pyridine rings is 2. The minimum absolute atomic E-state index is 0.287. The normalized spacial score (nSPS) is 20.0. The van der Waals surface area contributed by atoms with Crippen LogP contribution in [0.1, 0.15) is 42.6 Å². The van der Waals surface area contributed by atoms with Crippen LogP contribution in [0.4, 0.5) is 10.2 Å². The lowest BCUT2D eigenvalue weighted by atomic mass is 9.92. The van der Waals surface area contributed by atoms with Gasteiger partial charge in [-0.15, -0.1) is 0 Å². The quantitative estimate of drug-likeness (QED) is 0.556. The molecule has 0 spiro atoms. The number of nitrogen functional groups attached to an aromatic ring is 1. The van der Waals surface area contributed by atoms with Crippen LogP contribution in [0.2, 0.25) is 0 Å². The van der Waals surface area contributed by atoms with Crippen LogP contribution in [0.5, 0.6) is 5.75 Å². The zero-order chi connectivity index (χ0) is 22.9. The Kier molecular flexibility index (Phi) is 5.72. The fourth-order valence-electron chi connectivity index (χ4n) is 4.34. The lowest BCUT2D eigenvalue weighted by Crippen LogP contribution is -2.22. The van der Waals surface area contributed by atoms with Crippen molar-refractivity contribution in [1.29, 1.82) is 0 Å². The third kappa shape index (κ3) is 4.41. The molecule has 2 bridgehead atoms. The molecule has 1 aromatic carbocycles. The second kappa shape index (κ2) is 8.83. The SMILES string of the molecule is CC1Oc2cc(cnc2N)/C(NCC2CC2)=C(/CN)Cc2cccnc2-c2ccc(F)cc21. The zero-order valence-electron chi connectivity index (χ0n) is 18.6. The highest BCUT2D eigenvalue weighted by atomic mass is 19.1. The fraction of sp³-hybridized carbons (Fsp3) is 0.308. The van der Waals surface area contributed by atoms with Crippen molar-refractivity contribution in [3.63, 3.8) is 0 Å². The minimum atomic E-state index is -0.467. The number of nitrogens with one attached hydrogen (secondary N) is 1. The second-order valence-corrected chi connectivity index (χ2v) is 8.79. The van der Waals surface area contributed by atoms with Crippen molar-refractivity contribution in [1.82, 2.24) is 15.3 Å². The zero-order valence-corrected chi connectivity index (χ0v) is 18.6. The smallest absolute Gasteiger partial charge is 0.166 e. The number of rotatable bonds is 4. The van der Waals surface area contributed by atoms with Gasteiger partial charge < -0.3 is 21.5 Å². The van der Waals surface area contributed by atoms with Crippen LogP contribution in [0.15, 0.2) is 54.4 Å². The van der Waals surface area contributed by atoms with E-state index >= 15 is 0 Å². The molecule has 3 aromatic rings. The van der Waals surface area contributed by atoms with Gasteiger partial charge in [0.2, 0.25) is 0 Å². The summed E-state index contributed by atoms with van der Waals surface area (Å²) in [5.74, 6) is 1.10. The molecular weight excluding hydrogens is 417 g/mol. The van der Waals surface area contributed by atoms with Crippen LogP contribution in [0, 0.1) is 11.7 Å². The van der Waals surface area contributed by atoms with Gasteiger partial charge in [-0.25, -0.2) is 9.37 Å². The van der Waals surface area contributed by atoms with Gasteiger partial charge in [0, 0.05) is 47.9 Å². The Balaban J connectivity index is 1.73. The number of hydrogen-bond donors (Lipinski definition) is 3. The van der Waals surface area contributed by atoms with Crippen molar-refractivity contribution in [3.05, 3.63) is 76.9 Å². The number of halogens is 1. The second-order valence-electron chi connectivity index (χ2n) is 8.79. The molecule has 170 valence electrons. The van der Waals surface area contributed by atoms with E-state index in [1.165, 1.54) is 25.0 Å². The summed E-state index contributed by atoms with van der Waals surface area (Å²) < 4.78 is 20.5. The Bertz CT molecular complexity index is 1220. The molecule has 5 rings (SSSR count). The summed E-state index contributed by atoms with van der Waals surface area (Å²) in [6, 6.07) is 10.6. The maximum atomic E-state index is 14.3. The molecule has 7 heteroatoms. The van der Waals surface area contributed by atoms with E-state index in [0.717, 1.165) is 40.2 Å². The molecule has 5 N–H and O–H groups in total. The highest BCUT2D eigenvalue weighted by molar-refractivity contribution is 5.73. The first kappa shape index (κ1) is 21.4. The maximum Gasteiger partial charge on any atom is 0.166 e. The first-order chi connectivity index (χ1) is 16.0. The number of anilines is 1. The third-order valence-electron chi connectivity index (χ3n) is 6.34. The van der Waals surface area contributed by atoms with E-state index in [1.807, 2.05) is 25.1 Å². The molecule has 2 aliphatic rings. The van der Waals surface area contributed by atoms with E-state index in [4.69, 9.17) is 16.2 Å². The maximum absolute atomic E-state index is 14.3. The van der Waals surface area contributed by atoms with Crippen molar-refractivity contribution >= 4 is 11.5 Å². The molecule has 1 aliphatic heterocycles. The number of nitrogens with two attached hydrogens (primary N) is 2. The molecule has 0 saturated heterocycles. The summed E-state index contributed by atoms with van der Waals surface area (Å²) in [6.07, 6.45) is 6.13. The summed E-state index contributed by atoms with van der Waals surface area (Å²) in [7, 11) is 0. The fourth-order valence-corrected chi connectivity index (χ4v) is 4.34. The van der Waals surface area contributed by atoms with E-state index in [-0.39, 0.29) is 11.6 Å². The Morgan fingerprint density at radius 2 is 2.03 bits per heavy atom. The molecule has 1 atom stereocenters. The largest absolute Gasteiger partial charge is 0.482 e. The molecule has 1 fully saturated rings. The number of fused-ring (bicyclic) bond motifs is 5. The van der Waals surface area contributed by atoms with E-state index in [1.54, 1.807) is 18.5 Å². The van der Waals surface area contributed by atoms with Crippen LogP contribution in [-0.2, 0) is 6.42 Å². The van der Waals surface area contributed by atoms with E-state index in [9.17, 15) is 4.39 Å². The standard InChI is InChI=1S/C26H28FN5O/c1-15-22-11-20(27)6-7-21(22)25-17(3-2-8-30-25)9-18(12-28)24(31-13-16-4-5-16)19-10-23(33-15)26(29)32-14-19/h2-3,6-8,10-11,14-16,31H,4-5,9,12-13,28H2,1H3,(H2,29,32)/b24-18-. The Hall–Kier alpha value is -3.45. The summed E-state index contributed by atoms with van der Waals surface area (Å²) in [5.41, 5.74) is 18.7. The first-order valence-electron chi connectivity index (χ1n) is 11.4. The molecular formula is C26H28FN5O. The highest BCUT2D eigenvalue weighted by Gasteiger charge is 2.24. The van der Waals surface area contributed by atoms with Gasteiger partial charge in [0.25, 0.3) is 0 Å². The van der Waals surface area contributed by atoms with Crippen molar-refractivity contribution in [2.75, 3.05) is 18.8 Å². The van der Waals surface area contributed by atoms with Crippen LogP contribution < -0.4 is 21.5 Å². The molecule has 1 saturated carbocycles. The molecule has 3 heterocycles. The first-order valence-corrected chi connectivity index (χ1v) is 11.4. The summed E-state index contributed by atoms with van der Waals surface area (Å²) in [5, 5.41) is 3.63. The molecule has 0 radical (unpaired) electrons. The third-order valence-corrected chi connectivity index (χ3v) is 6.34. The summed E-state index contributed by atoms with van der Waals surface area (Å²) in [6.45, 7) is 3.14. The van der Waals surface area contributed by atoms with Crippen molar-refractivity contribution in [2.24, 2.45) is 11.7 Å². The topological polar surface area (TPSA) is 99.1 Å². The van der Waals surface area contributed by atoms with Gasteiger partial charge in [0.1, 0.15) is 11.9 Å².